The van der Waals surface area contributed by atoms with Crippen molar-refractivity contribution in [2.24, 2.45) is 5.92 Å². The van der Waals surface area contributed by atoms with Gasteiger partial charge in [-0.25, -0.2) is 4.79 Å². The molecular weight excluding hydrogens is 414 g/mol. The summed E-state index contributed by atoms with van der Waals surface area (Å²) in [6.07, 6.45) is 1.78. The largest absolute Gasteiger partial charge is 0.454 e. The summed E-state index contributed by atoms with van der Waals surface area (Å²) in [5, 5.41) is 7.71. The number of aryl methyl sites for hydroxylation is 1. The third-order valence-corrected chi connectivity index (χ3v) is 6.13. The number of halogens is 1. The summed E-state index contributed by atoms with van der Waals surface area (Å²) in [6, 6.07) is 7.10. The fraction of sp³-hybridized carbons (Fsp3) is 0.300. The number of aromatic nitrogens is 2. The van der Waals surface area contributed by atoms with Crippen molar-refractivity contribution in [1.29, 1.82) is 0 Å². The summed E-state index contributed by atoms with van der Waals surface area (Å²) >= 11 is 7.50. The first-order valence-corrected chi connectivity index (χ1v) is 10.3. The maximum atomic E-state index is 12.7. The molecule has 1 amide bonds. The summed E-state index contributed by atoms with van der Waals surface area (Å²) in [6.45, 7) is 3.58. The predicted octanol–water partition coefficient (Wildman–Crippen LogP) is 4.77. The molecule has 7 nitrogen and oxygen atoms in total. The van der Waals surface area contributed by atoms with Crippen LogP contribution in [-0.2, 0) is 16.1 Å². The lowest BCUT2D eigenvalue weighted by atomic mass is 10.1. The maximum Gasteiger partial charge on any atom is 0.341 e. The number of carbonyl (C=O) groups is 2. The lowest BCUT2D eigenvalue weighted by molar-refractivity contribution is -0.117. The third kappa shape index (κ3) is 4.18. The van der Waals surface area contributed by atoms with Crippen LogP contribution in [0.4, 0.5) is 5.00 Å². The van der Waals surface area contributed by atoms with Crippen LogP contribution in [0.5, 0.6) is 0 Å². The van der Waals surface area contributed by atoms with E-state index in [4.69, 9.17) is 20.9 Å². The molecule has 0 saturated heterocycles. The van der Waals surface area contributed by atoms with Gasteiger partial charge in [0, 0.05) is 10.8 Å². The molecule has 0 spiro atoms. The van der Waals surface area contributed by atoms with Gasteiger partial charge in [0.05, 0.1) is 16.1 Å². The van der Waals surface area contributed by atoms with Gasteiger partial charge in [-0.15, -0.1) is 11.3 Å². The Balaban J connectivity index is 1.46. The van der Waals surface area contributed by atoms with Crippen LogP contribution in [0.15, 0.2) is 28.8 Å². The fourth-order valence-electron chi connectivity index (χ4n) is 2.78. The van der Waals surface area contributed by atoms with Crippen molar-refractivity contribution in [1.82, 2.24) is 10.1 Å². The van der Waals surface area contributed by atoms with Crippen LogP contribution >= 0.6 is 22.9 Å². The second kappa shape index (κ2) is 7.96. The number of ether oxygens (including phenoxy) is 1. The smallest absolute Gasteiger partial charge is 0.341 e. The molecule has 150 valence electrons. The molecule has 2 heterocycles. The molecule has 0 bridgehead atoms. The van der Waals surface area contributed by atoms with Crippen molar-refractivity contribution >= 4 is 39.8 Å². The highest BCUT2D eigenvalue weighted by molar-refractivity contribution is 7.16. The van der Waals surface area contributed by atoms with Crippen LogP contribution < -0.4 is 5.32 Å². The highest BCUT2D eigenvalue weighted by Gasteiger charge is 2.31. The van der Waals surface area contributed by atoms with Gasteiger partial charge in [0.2, 0.25) is 11.7 Å². The van der Waals surface area contributed by atoms with E-state index in [1.165, 1.54) is 11.3 Å². The Bertz CT molecular complexity index is 1090. The van der Waals surface area contributed by atoms with Crippen molar-refractivity contribution in [2.45, 2.75) is 33.3 Å². The Hall–Kier alpha value is -2.71. The zero-order chi connectivity index (χ0) is 20.5. The number of amides is 1. The van der Waals surface area contributed by atoms with E-state index >= 15 is 0 Å². The van der Waals surface area contributed by atoms with Gasteiger partial charge in [0.25, 0.3) is 5.89 Å². The lowest BCUT2D eigenvalue weighted by Crippen LogP contribution is -2.16. The Morgan fingerprint density at radius 2 is 2.07 bits per heavy atom. The first-order chi connectivity index (χ1) is 13.9. The Morgan fingerprint density at radius 3 is 2.79 bits per heavy atom. The van der Waals surface area contributed by atoms with Crippen molar-refractivity contribution in [3.05, 3.63) is 51.1 Å². The first-order valence-electron chi connectivity index (χ1n) is 9.09. The maximum absolute atomic E-state index is 12.7. The van der Waals surface area contributed by atoms with Gasteiger partial charge < -0.3 is 14.6 Å². The zero-order valence-electron chi connectivity index (χ0n) is 15.8. The highest BCUT2D eigenvalue weighted by Crippen LogP contribution is 2.36. The van der Waals surface area contributed by atoms with E-state index in [1.54, 1.807) is 18.2 Å². The monoisotopic (exact) mass is 431 g/mol. The van der Waals surface area contributed by atoms with Gasteiger partial charge in [-0.1, -0.05) is 28.9 Å². The molecule has 0 radical (unpaired) electrons. The second-order valence-corrected chi connectivity index (χ2v) is 8.45. The average Bonchev–Trinajstić information content (AvgIpc) is 3.38. The molecule has 1 aliphatic rings. The summed E-state index contributed by atoms with van der Waals surface area (Å²) in [5.41, 5.74) is 1.76. The molecule has 0 aliphatic heterocycles. The molecule has 1 aromatic carbocycles. The van der Waals surface area contributed by atoms with E-state index < -0.39 is 5.97 Å². The number of hydrogen-bond acceptors (Lipinski definition) is 7. The quantitative estimate of drug-likeness (QED) is 0.564. The normalized spacial score (nSPS) is 13.3. The predicted molar refractivity (Wildman–Crippen MR) is 109 cm³/mol. The number of nitrogens with one attached hydrogen (secondary N) is 1. The number of nitrogens with zero attached hydrogens (tertiary/aromatic N) is 2. The average molecular weight is 432 g/mol. The second-order valence-electron chi connectivity index (χ2n) is 6.82. The van der Waals surface area contributed by atoms with E-state index in [9.17, 15) is 9.59 Å². The summed E-state index contributed by atoms with van der Waals surface area (Å²) in [7, 11) is 0. The van der Waals surface area contributed by atoms with E-state index in [0.717, 1.165) is 23.3 Å². The molecule has 3 aromatic rings. The van der Waals surface area contributed by atoms with Gasteiger partial charge in [0.15, 0.2) is 6.61 Å². The minimum atomic E-state index is -0.540. The number of anilines is 1. The number of hydrogen-bond donors (Lipinski definition) is 1. The number of rotatable bonds is 6. The van der Waals surface area contributed by atoms with Crippen molar-refractivity contribution in [3.63, 3.8) is 0 Å². The molecule has 1 saturated carbocycles. The summed E-state index contributed by atoms with van der Waals surface area (Å²) in [5.74, 6) is -0.0722. The van der Waals surface area contributed by atoms with Crippen LogP contribution in [0.2, 0.25) is 5.02 Å². The van der Waals surface area contributed by atoms with Crippen LogP contribution in [0, 0.1) is 19.8 Å². The number of thiophene rings is 1. The van der Waals surface area contributed by atoms with Crippen molar-refractivity contribution < 1.29 is 18.8 Å². The standard InChI is InChI=1S/C20H18ClN3O4S/c1-10-11(2)29-19(23-17(25)12-7-8-12)16(10)20(26)27-9-15-22-18(28-24-15)13-5-3-4-6-14(13)21/h3-6,12H,7-9H2,1-2H3,(H,23,25). The van der Waals surface area contributed by atoms with Gasteiger partial charge in [-0.05, 0) is 44.4 Å². The van der Waals surface area contributed by atoms with Gasteiger partial charge in [0.1, 0.15) is 5.00 Å². The molecule has 0 unspecified atom stereocenters. The van der Waals surface area contributed by atoms with E-state index in [1.807, 2.05) is 19.9 Å². The number of benzene rings is 1. The molecule has 1 N–H and O–H groups in total. The highest BCUT2D eigenvalue weighted by atomic mass is 35.5. The topological polar surface area (TPSA) is 94.3 Å². The van der Waals surface area contributed by atoms with Crippen molar-refractivity contribution in [3.8, 4) is 11.5 Å². The third-order valence-electron chi connectivity index (χ3n) is 4.68. The molecule has 1 aliphatic carbocycles. The Morgan fingerprint density at radius 1 is 1.31 bits per heavy atom. The SMILES string of the molecule is Cc1sc(NC(=O)C2CC2)c(C(=O)OCc2noc(-c3ccccc3Cl)n2)c1C. The molecule has 1 fully saturated rings. The fourth-order valence-corrected chi connectivity index (χ4v) is 4.05. The molecule has 4 rings (SSSR count). The molecule has 0 atom stereocenters. The van der Waals surface area contributed by atoms with Crippen LogP contribution in [0.3, 0.4) is 0 Å². The lowest BCUT2D eigenvalue weighted by Gasteiger charge is -2.06. The zero-order valence-corrected chi connectivity index (χ0v) is 17.4. The van der Waals surface area contributed by atoms with Crippen LogP contribution in [0.1, 0.15) is 39.5 Å². The molecule has 29 heavy (non-hydrogen) atoms. The first kappa shape index (κ1) is 19.6. The minimum Gasteiger partial charge on any atom is -0.454 e. The Kier molecular flexibility index (Phi) is 5.38. The summed E-state index contributed by atoms with van der Waals surface area (Å²) in [4.78, 5) is 30.0. The van der Waals surface area contributed by atoms with Crippen LogP contribution in [0.25, 0.3) is 11.5 Å². The minimum absolute atomic E-state index is 0.0455. The molecule has 2 aromatic heterocycles. The van der Waals surface area contributed by atoms with E-state index in [-0.39, 0.29) is 30.1 Å². The van der Waals surface area contributed by atoms with E-state index in [2.05, 4.69) is 15.5 Å². The van der Waals surface area contributed by atoms with Crippen LogP contribution in [-0.4, -0.2) is 22.0 Å². The Labute approximate surface area is 176 Å². The number of carbonyl (C=O) groups excluding carboxylic acids is 2. The van der Waals surface area contributed by atoms with Gasteiger partial charge in [-0.2, -0.15) is 4.98 Å². The molecular formula is C20H18ClN3O4S. The summed E-state index contributed by atoms with van der Waals surface area (Å²) < 4.78 is 10.6. The number of esters is 1. The van der Waals surface area contributed by atoms with Crippen molar-refractivity contribution in [2.75, 3.05) is 5.32 Å². The van der Waals surface area contributed by atoms with Gasteiger partial charge >= 0.3 is 5.97 Å². The molecule has 9 heteroatoms. The van der Waals surface area contributed by atoms with Gasteiger partial charge in [-0.3, -0.25) is 4.79 Å². The van der Waals surface area contributed by atoms with E-state index in [0.29, 0.717) is 21.2 Å².